The Kier molecular flexibility index (Phi) is 3.70. The first-order valence-corrected chi connectivity index (χ1v) is 8.51. The second-order valence-corrected chi connectivity index (χ2v) is 6.59. The molecule has 1 saturated carbocycles. The van der Waals surface area contributed by atoms with Gasteiger partial charge in [-0.25, -0.2) is 4.98 Å². The molecular formula is C16H14N6OS. The zero-order valence-electron chi connectivity index (χ0n) is 12.7. The summed E-state index contributed by atoms with van der Waals surface area (Å²) in [4.78, 5) is 5.00. The average molecular weight is 338 g/mol. The molecule has 1 fully saturated rings. The highest BCUT2D eigenvalue weighted by Crippen LogP contribution is 2.32. The van der Waals surface area contributed by atoms with Crippen LogP contribution in [0.15, 0.2) is 29.2 Å². The second kappa shape index (κ2) is 6.02. The maximum absolute atomic E-state index is 9.33. The van der Waals surface area contributed by atoms with Gasteiger partial charge >= 0.3 is 0 Å². The van der Waals surface area contributed by atoms with Crippen molar-refractivity contribution in [3.63, 3.8) is 0 Å². The summed E-state index contributed by atoms with van der Waals surface area (Å²) in [6.45, 7) is 0. The number of pyridine rings is 1. The molecular weight excluding hydrogens is 324 g/mol. The van der Waals surface area contributed by atoms with E-state index < -0.39 is 0 Å². The molecule has 2 heterocycles. The Morgan fingerprint density at radius 3 is 3.00 bits per heavy atom. The highest BCUT2D eigenvalue weighted by Gasteiger charge is 2.23. The van der Waals surface area contributed by atoms with Crippen molar-refractivity contribution in [2.45, 2.75) is 29.6 Å². The standard InChI is InChI=1S/C16H14N6OS/c17-7-9-1-2-12(23-11-3-4-11)5-10(9)8-24-13-6-14(18)19-16-15(13)20-22-21-16/h1-2,5-6,11H,3-4,8H2,(H3,18,19,20,21,22). The number of aromatic nitrogens is 4. The fourth-order valence-corrected chi connectivity index (χ4v) is 3.37. The smallest absolute Gasteiger partial charge is 0.204 e. The topological polar surface area (TPSA) is 113 Å². The van der Waals surface area contributed by atoms with Crippen LogP contribution < -0.4 is 10.5 Å². The Hall–Kier alpha value is -2.79. The van der Waals surface area contributed by atoms with Crippen molar-refractivity contribution in [3.05, 3.63) is 35.4 Å². The minimum absolute atomic E-state index is 0.327. The van der Waals surface area contributed by atoms with Crippen LogP contribution in [-0.2, 0) is 5.75 Å². The highest BCUT2D eigenvalue weighted by molar-refractivity contribution is 7.98. The molecule has 0 saturated heterocycles. The van der Waals surface area contributed by atoms with Gasteiger partial charge in [-0.3, -0.25) is 0 Å². The summed E-state index contributed by atoms with van der Waals surface area (Å²) in [5.41, 5.74) is 8.55. The molecule has 1 aliphatic rings. The van der Waals surface area contributed by atoms with Gasteiger partial charge in [-0.2, -0.15) is 15.6 Å². The number of nitriles is 1. The second-order valence-electron chi connectivity index (χ2n) is 5.58. The van der Waals surface area contributed by atoms with Crippen LogP contribution in [-0.4, -0.2) is 26.5 Å². The van der Waals surface area contributed by atoms with E-state index in [1.54, 1.807) is 23.9 Å². The number of nitrogens with two attached hydrogens (primary N) is 1. The lowest BCUT2D eigenvalue weighted by molar-refractivity contribution is 0.303. The lowest BCUT2D eigenvalue weighted by Gasteiger charge is -2.09. The number of fused-ring (bicyclic) bond motifs is 1. The number of hydrogen-bond donors (Lipinski definition) is 2. The van der Waals surface area contributed by atoms with Crippen LogP contribution in [0.1, 0.15) is 24.0 Å². The maximum Gasteiger partial charge on any atom is 0.204 e. The molecule has 1 aliphatic carbocycles. The van der Waals surface area contributed by atoms with Crippen molar-refractivity contribution in [3.8, 4) is 11.8 Å². The number of thioether (sulfide) groups is 1. The molecule has 0 amide bonds. The van der Waals surface area contributed by atoms with Gasteiger partial charge in [0.15, 0.2) is 0 Å². The summed E-state index contributed by atoms with van der Waals surface area (Å²) >= 11 is 1.55. The van der Waals surface area contributed by atoms with Crippen molar-refractivity contribution in [1.82, 2.24) is 20.4 Å². The number of rotatable bonds is 5. The number of nitrogens with one attached hydrogen (secondary N) is 1. The molecule has 2 aromatic heterocycles. The van der Waals surface area contributed by atoms with Gasteiger partial charge in [-0.15, -0.1) is 16.9 Å². The van der Waals surface area contributed by atoms with Crippen molar-refractivity contribution in [2.75, 3.05) is 5.73 Å². The number of ether oxygens (including phenoxy) is 1. The van der Waals surface area contributed by atoms with Gasteiger partial charge in [0.2, 0.25) is 5.65 Å². The molecule has 24 heavy (non-hydrogen) atoms. The highest BCUT2D eigenvalue weighted by atomic mass is 32.2. The third-order valence-corrected chi connectivity index (χ3v) is 4.76. The van der Waals surface area contributed by atoms with Crippen molar-refractivity contribution < 1.29 is 4.74 Å². The van der Waals surface area contributed by atoms with Crippen LogP contribution >= 0.6 is 11.8 Å². The normalized spacial score (nSPS) is 13.8. The van der Waals surface area contributed by atoms with Gasteiger partial charge < -0.3 is 10.5 Å². The number of aromatic amines is 1. The van der Waals surface area contributed by atoms with E-state index in [2.05, 4.69) is 26.5 Å². The first kappa shape index (κ1) is 14.8. The van der Waals surface area contributed by atoms with E-state index in [1.165, 1.54) is 0 Å². The Bertz CT molecular complexity index is 943. The molecule has 0 spiro atoms. The van der Waals surface area contributed by atoms with E-state index in [0.717, 1.165) is 29.1 Å². The summed E-state index contributed by atoms with van der Waals surface area (Å²) in [5.74, 6) is 1.81. The summed E-state index contributed by atoms with van der Waals surface area (Å²) < 4.78 is 5.82. The quantitative estimate of drug-likeness (QED) is 0.687. The summed E-state index contributed by atoms with van der Waals surface area (Å²) in [5, 5.41) is 20.0. The largest absolute Gasteiger partial charge is 0.490 e. The maximum atomic E-state index is 9.33. The van der Waals surface area contributed by atoms with Crippen LogP contribution in [0.3, 0.4) is 0 Å². The molecule has 0 atom stereocenters. The van der Waals surface area contributed by atoms with Crippen LogP contribution in [0, 0.1) is 11.3 Å². The number of benzene rings is 1. The lowest BCUT2D eigenvalue weighted by atomic mass is 10.1. The predicted molar refractivity (Wildman–Crippen MR) is 90.5 cm³/mol. The van der Waals surface area contributed by atoms with E-state index >= 15 is 0 Å². The molecule has 8 heteroatoms. The van der Waals surface area contributed by atoms with Gasteiger partial charge in [0, 0.05) is 10.6 Å². The van der Waals surface area contributed by atoms with Gasteiger partial charge in [-0.1, -0.05) is 0 Å². The van der Waals surface area contributed by atoms with Crippen LogP contribution in [0.25, 0.3) is 11.2 Å². The minimum Gasteiger partial charge on any atom is -0.490 e. The molecule has 1 aromatic carbocycles. The van der Waals surface area contributed by atoms with Crippen LogP contribution in [0.5, 0.6) is 5.75 Å². The molecule has 4 rings (SSSR count). The number of H-pyrrole nitrogens is 1. The summed E-state index contributed by atoms with van der Waals surface area (Å²) in [7, 11) is 0. The molecule has 7 nitrogen and oxygen atoms in total. The fourth-order valence-electron chi connectivity index (χ4n) is 2.34. The number of anilines is 1. The first-order valence-electron chi connectivity index (χ1n) is 7.52. The summed E-state index contributed by atoms with van der Waals surface area (Å²) in [6, 6.07) is 9.60. The summed E-state index contributed by atoms with van der Waals surface area (Å²) in [6.07, 6.45) is 2.53. The molecule has 0 bridgehead atoms. The van der Waals surface area contributed by atoms with Crippen molar-refractivity contribution in [2.24, 2.45) is 0 Å². The van der Waals surface area contributed by atoms with Gasteiger partial charge in [0.05, 0.1) is 17.7 Å². The monoisotopic (exact) mass is 338 g/mol. The van der Waals surface area contributed by atoms with E-state index in [1.807, 2.05) is 12.1 Å². The predicted octanol–water partition coefficient (Wildman–Crippen LogP) is 2.64. The number of hydrogen-bond acceptors (Lipinski definition) is 7. The van der Waals surface area contributed by atoms with Crippen molar-refractivity contribution in [1.29, 1.82) is 5.26 Å². The minimum atomic E-state index is 0.327. The van der Waals surface area contributed by atoms with E-state index in [0.29, 0.717) is 34.4 Å². The average Bonchev–Trinajstić information content (AvgIpc) is 3.26. The molecule has 0 unspecified atom stereocenters. The van der Waals surface area contributed by atoms with Gasteiger partial charge in [0.1, 0.15) is 17.1 Å². The lowest BCUT2D eigenvalue weighted by Crippen LogP contribution is -1.98. The molecule has 0 aliphatic heterocycles. The molecule has 3 N–H and O–H groups in total. The van der Waals surface area contributed by atoms with Gasteiger partial charge in [0.25, 0.3) is 0 Å². The van der Waals surface area contributed by atoms with E-state index in [4.69, 9.17) is 10.5 Å². The van der Waals surface area contributed by atoms with Crippen LogP contribution in [0.2, 0.25) is 0 Å². The Balaban J connectivity index is 1.60. The fraction of sp³-hybridized carbons (Fsp3) is 0.250. The van der Waals surface area contributed by atoms with Crippen molar-refractivity contribution >= 4 is 28.7 Å². The molecule has 0 radical (unpaired) electrons. The third-order valence-electron chi connectivity index (χ3n) is 3.68. The molecule has 120 valence electrons. The Morgan fingerprint density at radius 1 is 1.33 bits per heavy atom. The van der Waals surface area contributed by atoms with Gasteiger partial charge in [-0.05, 0) is 42.7 Å². The van der Waals surface area contributed by atoms with Crippen LogP contribution in [0.4, 0.5) is 5.82 Å². The zero-order valence-corrected chi connectivity index (χ0v) is 13.5. The van der Waals surface area contributed by atoms with E-state index in [9.17, 15) is 5.26 Å². The zero-order chi connectivity index (χ0) is 16.5. The van der Waals surface area contributed by atoms with E-state index in [-0.39, 0.29) is 0 Å². The number of nitrogens with zero attached hydrogens (tertiary/aromatic N) is 4. The molecule has 3 aromatic rings. The Labute approximate surface area is 142 Å². The SMILES string of the molecule is N#Cc1ccc(OC2CC2)cc1CSc1cc(N)nc2n[nH]nc12. The number of nitrogen functional groups attached to an aromatic ring is 1. The first-order chi connectivity index (χ1) is 11.7. The third kappa shape index (κ3) is 2.98. The Morgan fingerprint density at radius 2 is 2.21 bits per heavy atom.